The molecule has 0 aromatic heterocycles. The first-order valence-corrected chi connectivity index (χ1v) is 9.36. The van der Waals surface area contributed by atoms with Gasteiger partial charge in [0.15, 0.2) is 0 Å². The van der Waals surface area contributed by atoms with Gasteiger partial charge in [-0.05, 0) is 76.2 Å². The van der Waals surface area contributed by atoms with Crippen molar-refractivity contribution in [3.8, 4) is 0 Å². The van der Waals surface area contributed by atoms with Crippen molar-refractivity contribution in [3.05, 3.63) is 0 Å². The Labute approximate surface area is 134 Å². The van der Waals surface area contributed by atoms with Gasteiger partial charge in [-0.25, -0.2) is 0 Å². The van der Waals surface area contributed by atoms with Crippen LogP contribution in [-0.2, 0) is 0 Å². The smallest absolute Gasteiger partial charge is 0.00966 e. The minimum Gasteiger partial charge on any atom is -0.312 e. The van der Waals surface area contributed by atoms with Crippen LogP contribution in [0.4, 0.5) is 0 Å². The highest BCUT2D eigenvalue weighted by atomic mass is 14.9. The SMILES string of the molecule is CCCC1CCC(CNC(C)(C)C)C(CCC(C)(C)C)C1. The lowest BCUT2D eigenvalue weighted by Crippen LogP contribution is -2.42. The molecule has 1 heteroatoms. The quantitative estimate of drug-likeness (QED) is 0.630. The first-order chi connectivity index (χ1) is 9.61. The van der Waals surface area contributed by atoms with Crippen LogP contribution in [0.25, 0.3) is 0 Å². The second-order valence-electron chi connectivity index (χ2n) is 9.72. The van der Waals surface area contributed by atoms with Crippen LogP contribution in [0.3, 0.4) is 0 Å². The summed E-state index contributed by atoms with van der Waals surface area (Å²) in [6.45, 7) is 17.6. The summed E-state index contributed by atoms with van der Waals surface area (Å²) in [6.07, 6.45) is 10.0. The van der Waals surface area contributed by atoms with Crippen molar-refractivity contribution in [2.45, 2.75) is 99.0 Å². The zero-order valence-corrected chi connectivity index (χ0v) is 15.9. The van der Waals surface area contributed by atoms with Gasteiger partial charge in [0.05, 0.1) is 0 Å². The van der Waals surface area contributed by atoms with Gasteiger partial charge >= 0.3 is 0 Å². The van der Waals surface area contributed by atoms with Crippen LogP contribution in [0.1, 0.15) is 93.4 Å². The standard InChI is InChI=1S/C20H41N/c1-8-9-16-10-11-18(15-21-20(5,6)7)17(14-16)12-13-19(2,3)4/h16-18,21H,8-15H2,1-7H3. The monoisotopic (exact) mass is 295 g/mol. The third kappa shape index (κ3) is 8.24. The topological polar surface area (TPSA) is 12.0 Å². The van der Waals surface area contributed by atoms with E-state index in [0.29, 0.717) is 5.41 Å². The van der Waals surface area contributed by atoms with Crippen LogP contribution in [0.5, 0.6) is 0 Å². The van der Waals surface area contributed by atoms with Crippen molar-refractivity contribution in [3.63, 3.8) is 0 Å². The molecule has 0 saturated heterocycles. The third-order valence-electron chi connectivity index (χ3n) is 5.11. The third-order valence-corrected chi connectivity index (χ3v) is 5.11. The molecule has 0 aromatic rings. The second kappa shape index (κ2) is 7.99. The summed E-state index contributed by atoms with van der Waals surface area (Å²) in [7, 11) is 0. The molecule has 0 spiro atoms. The van der Waals surface area contributed by atoms with Gasteiger partial charge in [0.2, 0.25) is 0 Å². The Morgan fingerprint density at radius 1 is 0.905 bits per heavy atom. The Bertz CT molecular complexity index is 281. The van der Waals surface area contributed by atoms with Crippen LogP contribution in [0.2, 0.25) is 0 Å². The van der Waals surface area contributed by atoms with Gasteiger partial charge < -0.3 is 5.32 Å². The Hall–Kier alpha value is -0.0400. The average Bonchev–Trinajstić information content (AvgIpc) is 2.33. The van der Waals surface area contributed by atoms with Crippen molar-refractivity contribution in [2.75, 3.05) is 6.54 Å². The summed E-state index contributed by atoms with van der Waals surface area (Å²) in [5, 5.41) is 3.77. The molecule has 0 bridgehead atoms. The molecule has 1 rings (SSSR count). The minimum absolute atomic E-state index is 0.259. The maximum absolute atomic E-state index is 3.77. The summed E-state index contributed by atoms with van der Waals surface area (Å²) in [4.78, 5) is 0. The second-order valence-corrected chi connectivity index (χ2v) is 9.72. The lowest BCUT2D eigenvalue weighted by atomic mass is 9.69. The molecule has 0 aliphatic heterocycles. The fourth-order valence-electron chi connectivity index (χ4n) is 3.77. The van der Waals surface area contributed by atoms with E-state index >= 15 is 0 Å². The molecule has 1 fully saturated rings. The van der Waals surface area contributed by atoms with E-state index < -0.39 is 0 Å². The zero-order chi connectivity index (χ0) is 16.1. The molecule has 1 aliphatic rings. The van der Waals surface area contributed by atoms with Gasteiger partial charge in [0, 0.05) is 5.54 Å². The molecule has 21 heavy (non-hydrogen) atoms. The Balaban J connectivity index is 2.57. The molecule has 0 heterocycles. The predicted octanol–water partition coefficient (Wildman–Crippen LogP) is 6.03. The van der Waals surface area contributed by atoms with E-state index in [0.717, 1.165) is 17.8 Å². The van der Waals surface area contributed by atoms with Crippen LogP contribution < -0.4 is 5.32 Å². The van der Waals surface area contributed by atoms with Crippen molar-refractivity contribution < 1.29 is 0 Å². The molecule has 3 atom stereocenters. The fraction of sp³-hybridized carbons (Fsp3) is 1.00. The van der Waals surface area contributed by atoms with Crippen molar-refractivity contribution in [2.24, 2.45) is 23.2 Å². The number of hydrogen-bond acceptors (Lipinski definition) is 1. The molecule has 1 saturated carbocycles. The van der Waals surface area contributed by atoms with Gasteiger partial charge in [-0.15, -0.1) is 0 Å². The van der Waals surface area contributed by atoms with Gasteiger partial charge in [-0.3, -0.25) is 0 Å². The summed E-state index contributed by atoms with van der Waals surface area (Å²) < 4.78 is 0. The Morgan fingerprint density at radius 3 is 2.10 bits per heavy atom. The molecule has 3 unspecified atom stereocenters. The largest absolute Gasteiger partial charge is 0.312 e. The number of hydrogen-bond donors (Lipinski definition) is 1. The molecule has 126 valence electrons. The minimum atomic E-state index is 0.259. The lowest BCUT2D eigenvalue weighted by Gasteiger charge is -2.39. The highest BCUT2D eigenvalue weighted by molar-refractivity contribution is 4.84. The van der Waals surface area contributed by atoms with Crippen LogP contribution in [0, 0.1) is 23.2 Å². The molecule has 1 aliphatic carbocycles. The number of rotatable bonds is 6. The molecule has 1 N–H and O–H groups in total. The highest BCUT2D eigenvalue weighted by Gasteiger charge is 2.31. The van der Waals surface area contributed by atoms with Gasteiger partial charge in [0.1, 0.15) is 0 Å². The molecule has 0 amide bonds. The molecular formula is C20H41N. The first kappa shape index (κ1) is 19.0. The normalized spacial score (nSPS) is 27.9. The van der Waals surface area contributed by atoms with Crippen LogP contribution >= 0.6 is 0 Å². The molecular weight excluding hydrogens is 254 g/mol. The van der Waals surface area contributed by atoms with Crippen LogP contribution in [0.15, 0.2) is 0 Å². The lowest BCUT2D eigenvalue weighted by molar-refractivity contribution is 0.138. The van der Waals surface area contributed by atoms with E-state index in [1.165, 1.54) is 51.5 Å². The van der Waals surface area contributed by atoms with Gasteiger partial charge in [-0.2, -0.15) is 0 Å². The Kier molecular flexibility index (Phi) is 7.24. The maximum atomic E-state index is 3.77. The van der Waals surface area contributed by atoms with E-state index in [4.69, 9.17) is 0 Å². The van der Waals surface area contributed by atoms with Gasteiger partial charge in [-0.1, -0.05) is 47.0 Å². The van der Waals surface area contributed by atoms with Crippen LogP contribution in [-0.4, -0.2) is 12.1 Å². The van der Waals surface area contributed by atoms with E-state index in [1.54, 1.807) is 0 Å². The van der Waals surface area contributed by atoms with E-state index in [9.17, 15) is 0 Å². The maximum Gasteiger partial charge on any atom is 0.00966 e. The average molecular weight is 296 g/mol. The van der Waals surface area contributed by atoms with Crippen molar-refractivity contribution in [1.29, 1.82) is 0 Å². The summed E-state index contributed by atoms with van der Waals surface area (Å²) in [5.41, 5.74) is 0.745. The number of nitrogens with one attached hydrogen (secondary N) is 1. The molecule has 1 nitrogen and oxygen atoms in total. The zero-order valence-electron chi connectivity index (χ0n) is 15.9. The van der Waals surface area contributed by atoms with E-state index in [2.05, 4.69) is 53.8 Å². The Morgan fingerprint density at radius 2 is 1.57 bits per heavy atom. The predicted molar refractivity (Wildman–Crippen MR) is 95.7 cm³/mol. The van der Waals surface area contributed by atoms with E-state index in [1.807, 2.05) is 0 Å². The summed E-state index contributed by atoms with van der Waals surface area (Å²) in [5.74, 6) is 2.86. The van der Waals surface area contributed by atoms with E-state index in [-0.39, 0.29) is 5.54 Å². The fourth-order valence-corrected chi connectivity index (χ4v) is 3.77. The van der Waals surface area contributed by atoms with Gasteiger partial charge in [0.25, 0.3) is 0 Å². The molecule has 0 radical (unpaired) electrons. The van der Waals surface area contributed by atoms with Crippen molar-refractivity contribution >= 4 is 0 Å². The first-order valence-electron chi connectivity index (χ1n) is 9.36. The highest BCUT2D eigenvalue weighted by Crippen LogP contribution is 2.40. The molecule has 0 aromatic carbocycles. The summed E-state index contributed by atoms with van der Waals surface area (Å²) >= 11 is 0. The summed E-state index contributed by atoms with van der Waals surface area (Å²) in [6, 6.07) is 0. The van der Waals surface area contributed by atoms with Crippen molar-refractivity contribution in [1.82, 2.24) is 5.32 Å².